The molecule has 0 saturated carbocycles. The van der Waals surface area contributed by atoms with Gasteiger partial charge in [-0.05, 0) is 59.9 Å². The number of nitriles is 1. The maximum atomic E-state index is 9.35. The number of benzene rings is 2. The van der Waals surface area contributed by atoms with E-state index >= 15 is 0 Å². The Labute approximate surface area is 231 Å². The monoisotopic (exact) mass is 526 g/mol. The van der Waals surface area contributed by atoms with E-state index in [9.17, 15) is 5.26 Å². The molecule has 0 aliphatic heterocycles. The highest BCUT2D eigenvalue weighted by atomic mass is 16.5. The zero-order valence-electron chi connectivity index (χ0n) is 23.6. The van der Waals surface area contributed by atoms with Crippen LogP contribution in [0.1, 0.15) is 45.6 Å². The van der Waals surface area contributed by atoms with E-state index in [0.29, 0.717) is 24.6 Å². The Morgan fingerprint density at radius 2 is 1.77 bits per heavy atom. The van der Waals surface area contributed by atoms with Gasteiger partial charge in [-0.3, -0.25) is 0 Å². The largest absolute Gasteiger partial charge is 0.498 e. The second kappa shape index (κ2) is 13.3. The molecule has 1 aliphatic rings. The molecule has 1 heterocycles. The molecule has 0 saturated heterocycles. The predicted octanol–water partition coefficient (Wildman–Crippen LogP) is 6.69. The number of nitrogens with zero attached hydrogens (tertiary/aromatic N) is 4. The molecule has 4 rings (SSSR count). The highest BCUT2D eigenvalue weighted by Crippen LogP contribution is 2.32. The minimum Gasteiger partial charge on any atom is -0.498 e. The van der Waals surface area contributed by atoms with E-state index in [1.54, 1.807) is 14.2 Å². The summed E-state index contributed by atoms with van der Waals surface area (Å²) in [7, 11) is 3.38. The van der Waals surface area contributed by atoms with Crippen LogP contribution in [0, 0.1) is 17.2 Å². The summed E-state index contributed by atoms with van der Waals surface area (Å²) in [6, 6.07) is 16.5. The van der Waals surface area contributed by atoms with Gasteiger partial charge in [0.1, 0.15) is 17.7 Å². The second-order valence-corrected chi connectivity index (χ2v) is 9.85. The van der Waals surface area contributed by atoms with Gasteiger partial charge in [0.15, 0.2) is 0 Å². The first-order chi connectivity index (χ1) is 19.0. The molecule has 7 heteroatoms. The van der Waals surface area contributed by atoms with Crippen LogP contribution in [0.3, 0.4) is 0 Å². The molecule has 2 atom stereocenters. The van der Waals surface area contributed by atoms with E-state index in [1.165, 1.54) is 0 Å². The Kier molecular flexibility index (Phi) is 9.56. The van der Waals surface area contributed by atoms with Gasteiger partial charge in [-0.15, -0.1) is 0 Å². The van der Waals surface area contributed by atoms with Gasteiger partial charge in [-0.25, -0.2) is 0 Å². The molecule has 0 amide bonds. The predicted molar refractivity (Wildman–Crippen MR) is 156 cm³/mol. The van der Waals surface area contributed by atoms with Gasteiger partial charge in [0.25, 0.3) is 0 Å². The van der Waals surface area contributed by atoms with E-state index in [1.807, 2.05) is 42.5 Å². The van der Waals surface area contributed by atoms with Gasteiger partial charge in [-0.2, -0.15) is 15.2 Å². The van der Waals surface area contributed by atoms with Crippen LogP contribution < -0.4 is 9.64 Å². The zero-order valence-corrected chi connectivity index (χ0v) is 23.6. The quantitative estimate of drug-likeness (QED) is 0.260. The number of ether oxygens (including phenoxy) is 3. The fraction of sp³-hybridized carbons (Fsp3) is 0.406. The van der Waals surface area contributed by atoms with Crippen molar-refractivity contribution >= 4 is 16.7 Å². The van der Waals surface area contributed by atoms with Crippen LogP contribution in [-0.4, -0.2) is 50.0 Å². The summed E-state index contributed by atoms with van der Waals surface area (Å²) in [5.74, 6) is 1.93. The van der Waals surface area contributed by atoms with Crippen LogP contribution in [0.25, 0.3) is 22.0 Å². The van der Waals surface area contributed by atoms with Crippen molar-refractivity contribution in [3.63, 3.8) is 0 Å². The lowest BCUT2D eigenvalue weighted by Gasteiger charge is -2.27. The first-order valence-corrected chi connectivity index (χ1v) is 13.7. The van der Waals surface area contributed by atoms with Crippen LogP contribution in [0.2, 0.25) is 0 Å². The van der Waals surface area contributed by atoms with Crippen molar-refractivity contribution in [2.45, 2.75) is 46.1 Å². The van der Waals surface area contributed by atoms with E-state index in [0.717, 1.165) is 65.1 Å². The van der Waals surface area contributed by atoms with Crippen molar-refractivity contribution in [3.05, 3.63) is 71.5 Å². The Hall–Kier alpha value is -3.89. The molecule has 2 aromatic carbocycles. The number of hydrogen-bond donors (Lipinski definition) is 0. The molecular formula is C32H38N4O3. The maximum Gasteiger partial charge on any atom is 0.318 e. The fourth-order valence-electron chi connectivity index (χ4n) is 5.13. The third kappa shape index (κ3) is 6.58. The van der Waals surface area contributed by atoms with Gasteiger partial charge in [0.2, 0.25) is 0 Å². The molecule has 0 fully saturated rings. The normalized spacial score (nSPS) is 16.8. The highest BCUT2D eigenvalue weighted by molar-refractivity contribution is 5.93. The molecule has 1 aliphatic carbocycles. The summed E-state index contributed by atoms with van der Waals surface area (Å²) < 4.78 is 17.3. The third-order valence-corrected chi connectivity index (χ3v) is 6.94. The SMILES string of the molecule is CCCN(CCC)c1nc(OCCC2=CC(C)C(OC)C(OC)=C2)nc2ccc(-c3cccc(C#N)c3)cc12. The van der Waals surface area contributed by atoms with Crippen LogP contribution >= 0.6 is 0 Å². The molecule has 3 aromatic rings. The third-order valence-electron chi connectivity index (χ3n) is 6.94. The molecule has 0 bridgehead atoms. The summed E-state index contributed by atoms with van der Waals surface area (Å²) in [5.41, 5.74) is 4.64. The lowest BCUT2D eigenvalue weighted by atomic mass is 9.92. The average molecular weight is 527 g/mol. The van der Waals surface area contributed by atoms with Crippen molar-refractivity contribution in [2.75, 3.05) is 38.8 Å². The van der Waals surface area contributed by atoms with Gasteiger partial charge >= 0.3 is 6.01 Å². The van der Waals surface area contributed by atoms with Crippen LogP contribution in [0.15, 0.2) is 65.9 Å². The summed E-state index contributed by atoms with van der Waals surface area (Å²) in [6.07, 6.45) is 6.91. The lowest BCUT2D eigenvalue weighted by molar-refractivity contribution is 0.0529. The molecule has 0 radical (unpaired) electrons. The molecule has 7 nitrogen and oxygen atoms in total. The number of aromatic nitrogens is 2. The molecule has 0 spiro atoms. The smallest absolute Gasteiger partial charge is 0.318 e. The maximum absolute atomic E-state index is 9.35. The van der Waals surface area contributed by atoms with Crippen molar-refractivity contribution in [2.24, 2.45) is 5.92 Å². The number of rotatable bonds is 12. The topological polar surface area (TPSA) is 80.5 Å². The minimum atomic E-state index is -0.0681. The van der Waals surface area contributed by atoms with Crippen LogP contribution in [0.4, 0.5) is 5.82 Å². The van der Waals surface area contributed by atoms with Crippen molar-refractivity contribution < 1.29 is 14.2 Å². The Balaban J connectivity index is 1.64. The molecule has 0 N–H and O–H groups in total. The molecule has 2 unspecified atom stereocenters. The standard InChI is InChI=1S/C32H38N4O3/c1-6-14-36(15-7-2)31-27-20-26(25-10-8-9-24(18-25)21-33)11-12-28(27)34-32(35-31)39-16-13-23-17-22(3)30(38-5)29(19-23)37-4/h8-12,17-20,22,30H,6-7,13-16H2,1-5H3. The number of fused-ring (bicyclic) bond motifs is 1. The van der Waals surface area contributed by atoms with Crippen molar-refractivity contribution in [3.8, 4) is 23.2 Å². The van der Waals surface area contributed by atoms with E-state index in [4.69, 9.17) is 24.2 Å². The van der Waals surface area contributed by atoms with E-state index in [-0.39, 0.29) is 12.0 Å². The fourth-order valence-corrected chi connectivity index (χ4v) is 5.13. The van der Waals surface area contributed by atoms with Crippen molar-refractivity contribution in [1.82, 2.24) is 9.97 Å². The van der Waals surface area contributed by atoms with Crippen LogP contribution in [-0.2, 0) is 9.47 Å². The van der Waals surface area contributed by atoms with Gasteiger partial charge in [0, 0.05) is 37.9 Å². The Bertz CT molecular complexity index is 1390. The second-order valence-electron chi connectivity index (χ2n) is 9.85. The van der Waals surface area contributed by atoms with Gasteiger partial charge in [-0.1, -0.05) is 45.0 Å². The summed E-state index contributed by atoms with van der Waals surface area (Å²) in [5, 5.41) is 10.3. The van der Waals surface area contributed by atoms with Gasteiger partial charge in [0.05, 0.1) is 30.9 Å². The Morgan fingerprint density at radius 3 is 2.46 bits per heavy atom. The zero-order chi connectivity index (χ0) is 27.8. The average Bonchev–Trinajstić information content (AvgIpc) is 2.96. The molecular weight excluding hydrogens is 488 g/mol. The minimum absolute atomic E-state index is 0.0681. The lowest BCUT2D eigenvalue weighted by Crippen LogP contribution is -2.26. The molecule has 1 aromatic heterocycles. The van der Waals surface area contributed by atoms with Crippen molar-refractivity contribution in [1.29, 1.82) is 5.26 Å². The highest BCUT2D eigenvalue weighted by Gasteiger charge is 2.25. The first kappa shape index (κ1) is 28.1. The van der Waals surface area contributed by atoms with Gasteiger partial charge < -0.3 is 19.1 Å². The molecule has 39 heavy (non-hydrogen) atoms. The summed E-state index contributed by atoms with van der Waals surface area (Å²) >= 11 is 0. The van der Waals surface area contributed by atoms with E-state index in [2.05, 4.69) is 43.9 Å². The number of methoxy groups -OCH3 is 2. The van der Waals surface area contributed by atoms with E-state index < -0.39 is 0 Å². The number of allylic oxidation sites excluding steroid dienone is 1. The summed E-state index contributed by atoms with van der Waals surface area (Å²) in [4.78, 5) is 12.0. The Morgan fingerprint density at radius 1 is 1.00 bits per heavy atom. The number of anilines is 1. The molecule has 204 valence electrons. The summed E-state index contributed by atoms with van der Waals surface area (Å²) in [6.45, 7) is 8.72. The van der Waals surface area contributed by atoms with Crippen LogP contribution in [0.5, 0.6) is 6.01 Å². The number of hydrogen-bond acceptors (Lipinski definition) is 7. The first-order valence-electron chi connectivity index (χ1n) is 13.7.